The third-order valence-corrected chi connectivity index (χ3v) is 6.53. The van der Waals surface area contributed by atoms with Crippen molar-refractivity contribution in [3.63, 3.8) is 0 Å². The molecule has 0 radical (unpaired) electrons. The summed E-state index contributed by atoms with van der Waals surface area (Å²) in [4.78, 5) is 11.7. The maximum absolute atomic E-state index is 12.6. The van der Waals surface area contributed by atoms with Crippen LogP contribution in [0.5, 0.6) is 0 Å². The van der Waals surface area contributed by atoms with Crippen LogP contribution in [0.4, 0.5) is 0 Å². The van der Waals surface area contributed by atoms with Crippen LogP contribution in [0.3, 0.4) is 0 Å². The summed E-state index contributed by atoms with van der Waals surface area (Å²) in [6.07, 6.45) is 0. The van der Waals surface area contributed by atoms with Crippen LogP contribution in [0.1, 0.15) is 31.2 Å². The zero-order valence-corrected chi connectivity index (χ0v) is 14.9. The number of rotatable bonds is 6. The monoisotopic (exact) mass is 352 g/mol. The number of amides is 1. The van der Waals surface area contributed by atoms with E-state index < -0.39 is 15.6 Å². The Kier molecular flexibility index (Phi) is 5.23. The Morgan fingerprint density at radius 3 is 2.39 bits per heavy atom. The normalized spacial score (nSPS) is 12.1. The third kappa shape index (κ3) is 4.63. The van der Waals surface area contributed by atoms with Gasteiger partial charge in [-0.25, -0.2) is 13.1 Å². The van der Waals surface area contributed by atoms with Crippen molar-refractivity contribution in [2.24, 2.45) is 0 Å². The molecule has 0 aliphatic heterocycles. The number of nitrogens with one attached hydrogen (secondary N) is 2. The molecule has 1 heterocycles. The van der Waals surface area contributed by atoms with Crippen LogP contribution in [-0.4, -0.2) is 14.3 Å². The fourth-order valence-corrected chi connectivity index (χ4v) is 4.81. The molecule has 0 saturated heterocycles. The van der Waals surface area contributed by atoms with Crippen LogP contribution >= 0.6 is 11.3 Å². The molecule has 0 bridgehead atoms. The quantitative estimate of drug-likeness (QED) is 0.839. The van der Waals surface area contributed by atoms with Gasteiger partial charge in [0.2, 0.25) is 5.91 Å². The molecule has 1 aromatic heterocycles. The van der Waals surface area contributed by atoms with E-state index in [9.17, 15) is 13.2 Å². The van der Waals surface area contributed by atoms with Gasteiger partial charge >= 0.3 is 0 Å². The highest BCUT2D eigenvalue weighted by atomic mass is 32.2. The zero-order chi connectivity index (χ0) is 17.1. The van der Waals surface area contributed by atoms with Crippen LogP contribution in [0, 0.1) is 0 Å². The summed E-state index contributed by atoms with van der Waals surface area (Å²) in [5.41, 5.74) is 0.167. The lowest BCUT2D eigenvalue weighted by Crippen LogP contribution is -2.40. The largest absolute Gasteiger partial charge is 0.351 e. The minimum Gasteiger partial charge on any atom is -0.351 e. The zero-order valence-electron chi connectivity index (χ0n) is 13.3. The van der Waals surface area contributed by atoms with Gasteiger partial charge in [0, 0.05) is 11.8 Å². The van der Waals surface area contributed by atoms with Gasteiger partial charge in [-0.15, -0.1) is 11.3 Å². The van der Waals surface area contributed by atoms with Gasteiger partial charge in [-0.2, -0.15) is 0 Å². The van der Waals surface area contributed by atoms with Gasteiger partial charge < -0.3 is 5.32 Å². The molecular formula is C16H20N2O3S2. The van der Waals surface area contributed by atoms with Gasteiger partial charge in [0.05, 0.1) is 12.1 Å². The minimum absolute atomic E-state index is 0.147. The second-order valence-electron chi connectivity index (χ2n) is 5.73. The predicted molar refractivity (Wildman–Crippen MR) is 91.6 cm³/mol. The Morgan fingerprint density at radius 1 is 1.13 bits per heavy atom. The van der Waals surface area contributed by atoms with Crippen molar-refractivity contribution in [2.45, 2.75) is 37.1 Å². The van der Waals surface area contributed by atoms with Crippen molar-refractivity contribution in [3.05, 3.63) is 52.9 Å². The molecule has 124 valence electrons. The Balaban J connectivity index is 2.17. The van der Waals surface area contributed by atoms with Crippen molar-refractivity contribution < 1.29 is 13.2 Å². The van der Waals surface area contributed by atoms with E-state index in [1.54, 1.807) is 12.1 Å². The molecule has 5 nitrogen and oxygen atoms in total. The predicted octanol–water partition coefficient (Wildman–Crippen LogP) is 2.60. The second-order valence-corrected chi connectivity index (χ2v) is 8.80. The summed E-state index contributed by atoms with van der Waals surface area (Å²) in [5, 5.41) is 2.66. The molecule has 2 N–H and O–H groups in total. The molecule has 0 aliphatic carbocycles. The Morgan fingerprint density at radius 2 is 1.78 bits per heavy atom. The van der Waals surface area contributed by atoms with E-state index in [0.29, 0.717) is 6.54 Å². The number of benzene rings is 1. The third-order valence-electron chi connectivity index (χ3n) is 3.30. The lowest BCUT2D eigenvalue weighted by atomic mass is 9.96. The lowest BCUT2D eigenvalue weighted by molar-refractivity contribution is -0.119. The number of carbonyl (C=O) groups excluding carboxylic acids is 1. The molecule has 2 aromatic rings. The van der Waals surface area contributed by atoms with Crippen LogP contribution in [0.2, 0.25) is 0 Å². The summed E-state index contributed by atoms with van der Waals surface area (Å²) in [5.74, 6) is -0.147. The number of hydrogen-bond acceptors (Lipinski definition) is 4. The molecule has 0 fully saturated rings. The molecule has 2 rings (SSSR count). The first-order valence-corrected chi connectivity index (χ1v) is 9.43. The van der Waals surface area contributed by atoms with E-state index in [1.807, 2.05) is 44.2 Å². The average molecular weight is 352 g/mol. The molecule has 0 atom stereocenters. The topological polar surface area (TPSA) is 75.3 Å². The fourth-order valence-electron chi connectivity index (χ4n) is 2.11. The molecule has 0 unspecified atom stereocenters. The summed E-state index contributed by atoms with van der Waals surface area (Å²) in [7, 11) is -3.63. The smallest absolute Gasteiger partial charge is 0.250 e. The first kappa shape index (κ1) is 17.7. The first-order valence-electron chi connectivity index (χ1n) is 7.13. The number of sulfonamides is 1. The minimum atomic E-state index is -3.63. The van der Waals surface area contributed by atoms with Gasteiger partial charge in [0.25, 0.3) is 10.0 Å². The highest BCUT2D eigenvalue weighted by Gasteiger charge is 2.28. The number of hydrogen-bond donors (Lipinski definition) is 2. The van der Waals surface area contributed by atoms with Crippen molar-refractivity contribution in [2.75, 3.05) is 0 Å². The van der Waals surface area contributed by atoms with Gasteiger partial charge in [0.15, 0.2) is 0 Å². The van der Waals surface area contributed by atoms with Crippen molar-refractivity contribution in [3.8, 4) is 0 Å². The molecule has 1 amide bonds. The molecule has 7 heteroatoms. The number of carbonyl (C=O) groups is 1. The van der Waals surface area contributed by atoms with E-state index in [4.69, 9.17) is 0 Å². The molecular weight excluding hydrogens is 332 g/mol. The number of thiophene rings is 1. The molecule has 1 aromatic carbocycles. The van der Waals surface area contributed by atoms with Crippen molar-refractivity contribution in [1.29, 1.82) is 0 Å². The van der Waals surface area contributed by atoms with E-state index in [2.05, 4.69) is 10.0 Å². The van der Waals surface area contributed by atoms with Gasteiger partial charge in [-0.05, 0) is 31.5 Å². The van der Waals surface area contributed by atoms with E-state index in [0.717, 1.165) is 21.8 Å². The highest BCUT2D eigenvalue weighted by Crippen LogP contribution is 2.26. The maximum atomic E-state index is 12.6. The van der Waals surface area contributed by atoms with Gasteiger partial charge in [-0.3, -0.25) is 4.79 Å². The maximum Gasteiger partial charge on any atom is 0.250 e. The molecule has 0 saturated carbocycles. The summed E-state index contributed by atoms with van der Waals surface area (Å²) < 4.78 is 28.1. The fraction of sp³-hybridized carbons (Fsp3) is 0.312. The van der Waals surface area contributed by atoms with Crippen LogP contribution < -0.4 is 10.0 Å². The molecule has 0 aliphatic rings. The van der Waals surface area contributed by atoms with Crippen molar-refractivity contribution >= 4 is 27.3 Å². The Labute approximate surface area is 140 Å². The molecule has 0 spiro atoms. The summed E-state index contributed by atoms with van der Waals surface area (Å²) in [6, 6.07) is 12.7. The van der Waals surface area contributed by atoms with Crippen molar-refractivity contribution in [1.82, 2.24) is 10.0 Å². The van der Waals surface area contributed by atoms with Crippen LogP contribution in [-0.2, 0) is 26.9 Å². The van der Waals surface area contributed by atoms with Gasteiger partial charge in [0.1, 0.15) is 4.21 Å². The molecule has 23 heavy (non-hydrogen) atoms. The lowest BCUT2D eigenvalue weighted by Gasteiger charge is -2.26. The van der Waals surface area contributed by atoms with Crippen LogP contribution in [0.25, 0.3) is 0 Å². The van der Waals surface area contributed by atoms with E-state index in [1.165, 1.54) is 6.92 Å². The standard InChI is InChI=1S/C16H20N2O3S2/c1-12(19)17-11-14-9-10-15(22-14)23(20,21)18-16(2,3)13-7-5-4-6-8-13/h4-10,18H,11H2,1-3H3,(H,17,19). The van der Waals surface area contributed by atoms with Gasteiger partial charge in [-0.1, -0.05) is 30.3 Å². The Bertz CT molecular complexity index is 781. The summed E-state index contributed by atoms with van der Waals surface area (Å²) in [6.45, 7) is 5.41. The first-order chi connectivity index (χ1) is 10.7. The van der Waals surface area contributed by atoms with Crippen LogP contribution in [0.15, 0.2) is 46.7 Å². The van der Waals surface area contributed by atoms with E-state index >= 15 is 0 Å². The van der Waals surface area contributed by atoms with E-state index in [-0.39, 0.29) is 10.1 Å². The Hall–Kier alpha value is -1.70. The average Bonchev–Trinajstić information content (AvgIpc) is 2.95. The second kappa shape index (κ2) is 6.82. The summed E-state index contributed by atoms with van der Waals surface area (Å²) >= 11 is 1.15. The SMILES string of the molecule is CC(=O)NCc1ccc(S(=O)(=O)NC(C)(C)c2ccccc2)s1. The highest BCUT2D eigenvalue weighted by molar-refractivity contribution is 7.91.